The van der Waals surface area contributed by atoms with Gasteiger partial charge in [0.05, 0.1) is 6.61 Å². The molecule has 0 aliphatic rings. The zero-order valence-corrected chi connectivity index (χ0v) is 13.6. The van der Waals surface area contributed by atoms with E-state index in [9.17, 15) is 0 Å². The molecule has 110 valence electrons. The summed E-state index contributed by atoms with van der Waals surface area (Å²) in [6.07, 6.45) is 9.51. The van der Waals surface area contributed by atoms with E-state index in [2.05, 4.69) is 31.4 Å². The molecule has 0 aromatic carbocycles. The first kappa shape index (κ1) is 18.3. The number of thiol groups is 1. The third-order valence-electron chi connectivity index (χ3n) is 3.42. The Balaban J connectivity index is 3.37. The van der Waals surface area contributed by atoms with Gasteiger partial charge in [-0.05, 0) is 39.0 Å². The predicted octanol–water partition coefficient (Wildman–Crippen LogP) is 4.00. The van der Waals surface area contributed by atoms with Crippen molar-refractivity contribution in [2.75, 3.05) is 32.6 Å². The Morgan fingerprint density at radius 3 is 1.94 bits per heavy atom. The normalized spacial score (nSPS) is 11.7. The van der Waals surface area contributed by atoms with E-state index in [1.807, 2.05) is 0 Å². The van der Waals surface area contributed by atoms with Crippen LogP contribution in [0.2, 0.25) is 0 Å². The van der Waals surface area contributed by atoms with Gasteiger partial charge in [0.25, 0.3) is 0 Å². The minimum absolute atomic E-state index is 0.635. The molecule has 0 rings (SSSR count). The number of rotatable bonds is 13. The quantitative estimate of drug-likeness (QED) is 0.403. The lowest BCUT2D eigenvalue weighted by atomic mass is 10.1. The van der Waals surface area contributed by atoms with Crippen LogP contribution >= 0.6 is 12.6 Å². The van der Waals surface area contributed by atoms with E-state index >= 15 is 0 Å². The summed E-state index contributed by atoms with van der Waals surface area (Å²) in [4.78, 5) is 2.52. The van der Waals surface area contributed by atoms with Gasteiger partial charge in [-0.2, -0.15) is 12.6 Å². The van der Waals surface area contributed by atoms with Gasteiger partial charge in [0, 0.05) is 19.7 Å². The average molecular weight is 276 g/mol. The second-order valence-corrected chi connectivity index (χ2v) is 5.77. The van der Waals surface area contributed by atoms with Crippen LogP contribution in [0.3, 0.4) is 0 Å². The fraction of sp³-hybridized carbons (Fsp3) is 1.00. The largest absolute Gasteiger partial charge is 0.383 e. The van der Waals surface area contributed by atoms with Gasteiger partial charge in [-0.1, -0.05) is 32.1 Å². The summed E-state index contributed by atoms with van der Waals surface area (Å²) in [5.74, 6) is 1.04. The summed E-state index contributed by atoms with van der Waals surface area (Å²) in [7, 11) is 1.78. The van der Waals surface area contributed by atoms with Crippen molar-refractivity contribution < 1.29 is 4.74 Å². The molecule has 0 aromatic heterocycles. The minimum atomic E-state index is 0.635. The molecule has 0 unspecified atom stereocenters. The summed E-state index contributed by atoms with van der Waals surface area (Å²) in [6.45, 7) is 7.68. The Hall–Kier alpha value is 0.270. The summed E-state index contributed by atoms with van der Waals surface area (Å²) in [5, 5.41) is 0. The van der Waals surface area contributed by atoms with Gasteiger partial charge < -0.3 is 4.74 Å². The zero-order chi connectivity index (χ0) is 13.6. The van der Waals surface area contributed by atoms with Crippen LogP contribution in [0, 0.1) is 0 Å². The Labute approximate surface area is 120 Å². The van der Waals surface area contributed by atoms with Crippen molar-refractivity contribution in [2.45, 2.75) is 64.8 Å². The first-order chi connectivity index (χ1) is 8.72. The van der Waals surface area contributed by atoms with Crippen molar-refractivity contribution in [3.8, 4) is 0 Å². The summed E-state index contributed by atoms with van der Waals surface area (Å²) in [5.41, 5.74) is 0. The molecule has 3 heteroatoms. The highest BCUT2D eigenvalue weighted by atomic mass is 32.1. The molecule has 0 amide bonds. The molecule has 0 atom stereocenters. The fourth-order valence-corrected chi connectivity index (χ4v) is 2.37. The highest BCUT2D eigenvalue weighted by Crippen LogP contribution is 2.09. The number of nitrogens with zero attached hydrogens (tertiary/aromatic N) is 1. The number of methoxy groups -OCH3 is 1. The third-order valence-corrected chi connectivity index (χ3v) is 3.73. The molecule has 0 N–H and O–H groups in total. The molecule has 0 aromatic rings. The average Bonchev–Trinajstić information content (AvgIpc) is 2.35. The van der Waals surface area contributed by atoms with Crippen molar-refractivity contribution >= 4 is 12.6 Å². The van der Waals surface area contributed by atoms with E-state index < -0.39 is 0 Å². The molecule has 18 heavy (non-hydrogen) atoms. The van der Waals surface area contributed by atoms with Gasteiger partial charge in [-0.25, -0.2) is 0 Å². The zero-order valence-electron chi connectivity index (χ0n) is 12.7. The topological polar surface area (TPSA) is 12.5 Å². The smallest absolute Gasteiger partial charge is 0.0589 e. The number of unbranched alkanes of at least 4 members (excludes halogenated alkanes) is 6. The Bertz CT molecular complexity index is 165. The molecule has 0 spiro atoms. The third kappa shape index (κ3) is 11.4. The van der Waals surface area contributed by atoms with Crippen molar-refractivity contribution in [3.63, 3.8) is 0 Å². The van der Waals surface area contributed by atoms with Crippen LogP contribution in [-0.2, 0) is 4.74 Å². The molecule has 0 radical (unpaired) electrons. The van der Waals surface area contributed by atoms with Crippen LogP contribution < -0.4 is 0 Å². The van der Waals surface area contributed by atoms with Gasteiger partial charge in [0.2, 0.25) is 0 Å². The summed E-state index contributed by atoms with van der Waals surface area (Å²) >= 11 is 4.23. The van der Waals surface area contributed by atoms with E-state index in [1.54, 1.807) is 7.11 Å². The second-order valence-electron chi connectivity index (χ2n) is 5.32. The van der Waals surface area contributed by atoms with Gasteiger partial charge in [0.15, 0.2) is 0 Å². The van der Waals surface area contributed by atoms with E-state index in [-0.39, 0.29) is 0 Å². The second kappa shape index (κ2) is 13.7. The van der Waals surface area contributed by atoms with Gasteiger partial charge in [-0.3, -0.25) is 4.90 Å². The lowest BCUT2D eigenvalue weighted by molar-refractivity contribution is 0.128. The monoisotopic (exact) mass is 275 g/mol. The predicted molar refractivity (Wildman–Crippen MR) is 84.8 cm³/mol. The van der Waals surface area contributed by atoms with Crippen LogP contribution in [0.25, 0.3) is 0 Å². The van der Waals surface area contributed by atoms with Gasteiger partial charge in [0.1, 0.15) is 0 Å². The van der Waals surface area contributed by atoms with E-state index in [1.165, 1.54) is 51.5 Å². The van der Waals surface area contributed by atoms with E-state index in [0.29, 0.717) is 6.04 Å². The molecule has 0 heterocycles. The van der Waals surface area contributed by atoms with Gasteiger partial charge in [-0.15, -0.1) is 0 Å². The molecule has 0 bridgehead atoms. The van der Waals surface area contributed by atoms with Crippen LogP contribution in [0.1, 0.15) is 58.8 Å². The highest BCUT2D eigenvalue weighted by Gasteiger charge is 2.07. The first-order valence-corrected chi connectivity index (χ1v) is 8.19. The Kier molecular flexibility index (Phi) is 13.9. The van der Waals surface area contributed by atoms with E-state index in [4.69, 9.17) is 4.74 Å². The molecule has 0 fully saturated rings. The number of ether oxygens (including phenoxy) is 1. The maximum Gasteiger partial charge on any atom is 0.0589 e. The van der Waals surface area contributed by atoms with Gasteiger partial charge >= 0.3 is 0 Å². The molecule has 0 saturated heterocycles. The molecular formula is C15H33NOS. The molecule has 0 aliphatic carbocycles. The van der Waals surface area contributed by atoms with Crippen LogP contribution in [-0.4, -0.2) is 43.5 Å². The summed E-state index contributed by atoms with van der Waals surface area (Å²) in [6, 6.07) is 0.635. The lowest BCUT2D eigenvalue weighted by Gasteiger charge is -2.26. The highest BCUT2D eigenvalue weighted by molar-refractivity contribution is 7.80. The SMILES string of the molecule is COCCN(CCCCCCCCCS)C(C)C. The molecule has 0 aliphatic heterocycles. The Morgan fingerprint density at radius 1 is 0.889 bits per heavy atom. The fourth-order valence-electron chi connectivity index (χ4n) is 2.15. The van der Waals surface area contributed by atoms with Crippen LogP contribution in [0.5, 0.6) is 0 Å². The van der Waals surface area contributed by atoms with Crippen molar-refractivity contribution in [1.82, 2.24) is 4.90 Å². The molecule has 2 nitrogen and oxygen atoms in total. The van der Waals surface area contributed by atoms with Crippen LogP contribution in [0.15, 0.2) is 0 Å². The number of hydrogen-bond acceptors (Lipinski definition) is 3. The molecular weight excluding hydrogens is 242 g/mol. The van der Waals surface area contributed by atoms with Crippen molar-refractivity contribution in [3.05, 3.63) is 0 Å². The van der Waals surface area contributed by atoms with Crippen molar-refractivity contribution in [2.24, 2.45) is 0 Å². The maximum atomic E-state index is 5.16. The standard InChI is InChI=1S/C15H33NOS/c1-15(2)16(12-13-17-3)11-9-7-5-4-6-8-10-14-18/h15,18H,4-14H2,1-3H3. The van der Waals surface area contributed by atoms with E-state index in [0.717, 1.165) is 18.9 Å². The summed E-state index contributed by atoms with van der Waals surface area (Å²) < 4.78 is 5.16. The Morgan fingerprint density at radius 2 is 1.44 bits per heavy atom. The minimum Gasteiger partial charge on any atom is -0.383 e. The molecule has 0 saturated carbocycles. The number of hydrogen-bond donors (Lipinski definition) is 1. The lowest BCUT2D eigenvalue weighted by Crippen LogP contribution is -2.34. The van der Waals surface area contributed by atoms with Crippen molar-refractivity contribution in [1.29, 1.82) is 0 Å². The van der Waals surface area contributed by atoms with Crippen LogP contribution in [0.4, 0.5) is 0 Å². The maximum absolute atomic E-state index is 5.16. The first-order valence-electron chi connectivity index (χ1n) is 7.56.